The first-order valence-electron chi connectivity index (χ1n) is 9.84. The number of anilines is 4. The predicted molar refractivity (Wildman–Crippen MR) is 130 cm³/mol. The van der Waals surface area contributed by atoms with E-state index in [1.165, 1.54) is 18.5 Å². The van der Waals surface area contributed by atoms with Gasteiger partial charge in [0.2, 0.25) is 5.95 Å². The Hall–Kier alpha value is -1.87. The van der Waals surface area contributed by atoms with Crippen molar-refractivity contribution in [2.75, 3.05) is 53.1 Å². The minimum atomic E-state index is -1.55. The van der Waals surface area contributed by atoms with Crippen LogP contribution in [0, 0.1) is 6.92 Å². The lowest BCUT2D eigenvalue weighted by Gasteiger charge is -2.35. The summed E-state index contributed by atoms with van der Waals surface area (Å²) in [5, 5.41) is 3.53. The molecule has 0 bridgehead atoms. The standard InChI is InChI=1S/C21H29IN6/c1-5-10-27-11-13-28(14-12-27)21-24-19(23-17-8-6-16(2)7-9-17)18-15-22(3)26(4)20(18)25-21/h6-9,15H,3,5,10-14H2,1-2,4H3,(H,23,24,25). The Kier molecular flexibility index (Phi) is 5.73. The van der Waals surface area contributed by atoms with E-state index in [0.29, 0.717) is 0 Å². The monoisotopic (exact) mass is 492 g/mol. The Bertz CT molecular complexity index is 925. The molecule has 1 fully saturated rings. The van der Waals surface area contributed by atoms with Crippen molar-refractivity contribution in [2.24, 2.45) is 0 Å². The van der Waals surface area contributed by atoms with Gasteiger partial charge in [0.15, 0.2) is 5.82 Å². The van der Waals surface area contributed by atoms with E-state index < -0.39 is 19.1 Å². The second kappa shape index (κ2) is 8.24. The molecule has 6 nitrogen and oxygen atoms in total. The van der Waals surface area contributed by atoms with E-state index >= 15 is 0 Å². The van der Waals surface area contributed by atoms with Gasteiger partial charge in [0.25, 0.3) is 0 Å². The lowest BCUT2D eigenvalue weighted by atomic mass is 10.2. The summed E-state index contributed by atoms with van der Waals surface area (Å²) in [6.07, 6.45) is 1.21. The second-order valence-corrected chi connectivity index (χ2v) is 11.6. The third-order valence-electron chi connectivity index (χ3n) is 5.28. The van der Waals surface area contributed by atoms with Crippen molar-refractivity contribution in [1.82, 2.24) is 14.9 Å². The molecule has 0 unspecified atom stereocenters. The van der Waals surface area contributed by atoms with Crippen LogP contribution in [0.4, 0.5) is 23.3 Å². The van der Waals surface area contributed by atoms with Gasteiger partial charge in [-0.2, -0.15) is 9.97 Å². The maximum Gasteiger partial charge on any atom is 0.229 e. The Morgan fingerprint density at radius 2 is 1.82 bits per heavy atom. The van der Waals surface area contributed by atoms with Gasteiger partial charge < -0.3 is 13.3 Å². The summed E-state index contributed by atoms with van der Waals surface area (Å²) in [5.41, 5.74) is 3.41. The van der Waals surface area contributed by atoms with Crippen molar-refractivity contribution in [3.05, 3.63) is 35.4 Å². The number of benzene rings is 1. The predicted octanol–water partition coefficient (Wildman–Crippen LogP) is 3.51. The molecule has 1 N–H and O–H groups in total. The van der Waals surface area contributed by atoms with Crippen LogP contribution in [0.1, 0.15) is 24.5 Å². The molecule has 1 aromatic heterocycles. The highest BCUT2D eigenvalue weighted by Crippen LogP contribution is 2.38. The van der Waals surface area contributed by atoms with Gasteiger partial charge in [-0.15, -0.1) is 0 Å². The number of nitrogens with one attached hydrogen (secondary N) is 1. The van der Waals surface area contributed by atoms with Crippen molar-refractivity contribution in [2.45, 2.75) is 20.3 Å². The van der Waals surface area contributed by atoms with Crippen molar-refractivity contribution in [1.29, 1.82) is 0 Å². The summed E-state index contributed by atoms with van der Waals surface area (Å²) in [4.78, 5) is 14.7. The molecular weight excluding hydrogens is 463 g/mol. The summed E-state index contributed by atoms with van der Waals surface area (Å²) in [6.45, 7) is 9.61. The van der Waals surface area contributed by atoms with Crippen LogP contribution in [0.5, 0.6) is 0 Å². The largest absolute Gasteiger partial charge is 0.339 e. The smallest absolute Gasteiger partial charge is 0.229 e. The zero-order chi connectivity index (χ0) is 19.7. The molecule has 0 aliphatic carbocycles. The van der Waals surface area contributed by atoms with Crippen LogP contribution in [-0.2, 0) is 0 Å². The highest BCUT2D eigenvalue weighted by Gasteiger charge is 2.25. The average Bonchev–Trinajstić information content (AvgIpc) is 2.99. The van der Waals surface area contributed by atoms with Gasteiger partial charge in [-0.1, -0.05) is 48.3 Å². The van der Waals surface area contributed by atoms with Crippen LogP contribution < -0.4 is 13.3 Å². The lowest BCUT2D eigenvalue weighted by Crippen LogP contribution is -2.47. The Morgan fingerprint density at radius 1 is 1.11 bits per heavy atom. The van der Waals surface area contributed by atoms with Gasteiger partial charge in [0.05, 0.1) is 5.56 Å². The second-order valence-electron chi connectivity index (χ2n) is 7.39. The third kappa shape index (κ3) is 3.96. The first-order valence-corrected chi connectivity index (χ1v) is 13.6. The van der Waals surface area contributed by atoms with Gasteiger partial charge in [0.1, 0.15) is 5.82 Å². The van der Waals surface area contributed by atoms with Gasteiger partial charge in [0, 0.05) is 38.9 Å². The fraction of sp³-hybridized carbons (Fsp3) is 0.429. The normalized spacial score (nSPS) is 17.5. The van der Waals surface area contributed by atoms with E-state index in [9.17, 15) is 0 Å². The van der Waals surface area contributed by atoms with Crippen LogP contribution in [0.3, 0.4) is 0 Å². The summed E-state index contributed by atoms with van der Waals surface area (Å²) < 4.78 is 8.94. The number of hydrogen-bond acceptors (Lipinski definition) is 6. The molecule has 2 aromatic rings. The van der Waals surface area contributed by atoms with E-state index in [-0.39, 0.29) is 0 Å². The van der Waals surface area contributed by atoms with E-state index in [2.05, 4.69) is 71.9 Å². The van der Waals surface area contributed by atoms with Gasteiger partial charge >= 0.3 is 0 Å². The minimum absolute atomic E-state index is 0.830. The maximum atomic E-state index is 4.95. The van der Waals surface area contributed by atoms with Crippen molar-refractivity contribution in [3.63, 3.8) is 0 Å². The number of rotatable bonds is 5. The van der Waals surface area contributed by atoms with Crippen LogP contribution >= 0.6 is 19.1 Å². The van der Waals surface area contributed by atoms with Crippen molar-refractivity contribution < 1.29 is 0 Å². The molecule has 0 atom stereocenters. The van der Waals surface area contributed by atoms with Crippen molar-refractivity contribution >= 4 is 50.9 Å². The molecule has 7 heteroatoms. The summed E-state index contributed by atoms with van der Waals surface area (Å²) in [7, 11) is 2.12. The Balaban J connectivity index is 1.64. The molecular formula is C21H29IN6. The summed E-state index contributed by atoms with van der Waals surface area (Å²) >= 11 is -1.55. The topological polar surface area (TPSA) is 47.5 Å². The zero-order valence-corrected chi connectivity index (χ0v) is 19.1. The van der Waals surface area contributed by atoms with E-state index in [1.807, 2.05) is 0 Å². The van der Waals surface area contributed by atoms with Crippen molar-refractivity contribution in [3.8, 4) is 0 Å². The molecule has 4 rings (SSSR count). The van der Waals surface area contributed by atoms with E-state index in [4.69, 9.17) is 9.97 Å². The first-order chi connectivity index (χ1) is 13.5. The quantitative estimate of drug-likeness (QED) is 0.510. The molecule has 0 spiro atoms. The highest BCUT2D eigenvalue weighted by molar-refractivity contribution is 14.2. The van der Waals surface area contributed by atoms with Gasteiger partial charge in [-0.3, -0.25) is 4.90 Å². The average molecular weight is 492 g/mol. The number of aromatic nitrogens is 2. The summed E-state index contributed by atoms with van der Waals surface area (Å²) in [6, 6.07) is 8.44. The SMILES string of the molecule is C=I1=Cc2c(Nc3ccc(C)cc3)nc(N3CCN(CCC)CC3)nc2N1C. The molecule has 28 heavy (non-hydrogen) atoms. The first kappa shape index (κ1) is 19.4. The van der Waals surface area contributed by atoms with Crippen LogP contribution in [-0.4, -0.2) is 63.2 Å². The number of piperazine rings is 1. The maximum absolute atomic E-state index is 4.95. The number of hydrogen-bond donors (Lipinski definition) is 1. The zero-order valence-electron chi connectivity index (χ0n) is 17.0. The molecule has 0 saturated carbocycles. The lowest BCUT2D eigenvalue weighted by molar-refractivity contribution is 0.257. The van der Waals surface area contributed by atoms with Gasteiger partial charge in [-0.05, 0) is 36.0 Å². The van der Waals surface area contributed by atoms with E-state index in [0.717, 1.165) is 55.0 Å². The summed E-state index contributed by atoms with van der Waals surface area (Å²) in [5.74, 6) is 2.75. The van der Waals surface area contributed by atoms with E-state index in [1.54, 1.807) is 0 Å². The number of halogens is 1. The Labute approximate surface area is 174 Å². The number of nitrogens with zero attached hydrogens (tertiary/aromatic N) is 5. The Morgan fingerprint density at radius 3 is 2.50 bits per heavy atom. The van der Waals surface area contributed by atoms with Crippen LogP contribution in [0.25, 0.3) is 0 Å². The van der Waals surface area contributed by atoms with Crippen LogP contribution in [0.2, 0.25) is 0 Å². The molecule has 2 aliphatic heterocycles. The fourth-order valence-corrected chi connectivity index (χ4v) is 6.25. The third-order valence-corrected chi connectivity index (χ3v) is 8.93. The molecule has 0 radical (unpaired) electrons. The number of fused-ring (bicyclic) bond motifs is 1. The minimum Gasteiger partial charge on any atom is -0.339 e. The molecule has 0 amide bonds. The molecule has 150 valence electrons. The highest BCUT2D eigenvalue weighted by atomic mass is 127. The fourth-order valence-electron chi connectivity index (χ4n) is 3.58. The molecule has 2 aliphatic rings. The molecule has 3 heterocycles. The molecule has 1 saturated heterocycles. The molecule has 1 aromatic carbocycles. The van der Waals surface area contributed by atoms with Crippen LogP contribution in [0.15, 0.2) is 24.3 Å². The number of aryl methyl sites for hydroxylation is 1. The van der Waals surface area contributed by atoms with Gasteiger partial charge in [-0.25, -0.2) is 0 Å².